The van der Waals surface area contributed by atoms with Gasteiger partial charge in [0.25, 0.3) is 0 Å². The summed E-state index contributed by atoms with van der Waals surface area (Å²) in [6.07, 6.45) is 8.21. The molecule has 23 heavy (non-hydrogen) atoms. The van der Waals surface area contributed by atoms with E-state index in [2.05, 4.69) is 50.1 Å². The highest BCUT2D eigenvalue weighted by Gasteiger charge is 2.26. The smallest absolute Gasteiger partial charge is 0.141 e. The van der Waals surface area contributed by atoms with Crippen LogP contribution in [0.15, 0.2) is 36.0 Å². The van der Waals surface area contributed by atoms with Crippen molar-refractivity contribution in [3.63, 3.8) is 0 Å². The predicted octanol–water partition coefficient (Wildman–Crippen LogP) is 4.43. The number of nitrogens with zero attached hydrogens (tertiary/aromatic N) is 2. The van der Waals surface area contributed by atoms with Crippen LogP contribution in [-0.2, 0) is 6.54 Å². The highest BCUT2D eigenvalue weighted by atomic mass is 32.1. The van der Waals surface area contributed by atoms with E-state index in [0.717, 1.165) is 12.4 Å². The van der Waals surface area contributed by atoms with Gasteiger partial charge in [-0.3, -0.25) is 5.10 Å². The SMILES string of the molecule is c1n[nH]c(C(NCc2ccc3sccc3c2)C2CCCCC2)n1. The number of aromatic amines is 1. The lowest BCUT2D eigenvalue weighted by Crippen LogP contribution is -2.30. The summed E-state index contributed by atoms with van der Waals surface area (Å²) in [5.41, 5.74) is 1.33. The molecule has 2 N–H and O–H groups in total. The molecule has 1 aliphatic carbocycles. The van der Waals surface area contributed by atoms with E-state index in [1.807, 2.05) is 0 Å². The zero-order valence-electron chi connectivity index (χ0n) is 13.2. The molecule has 1 atom stereocenters. The maximum atomic E-state index is 4.42. The molecule has 0 radical (unpaired) electrons. The van der Waals surface area contributed by atoms with Crippen LogP contribution in [0.1, 0.15) is 49.5 Å². The maximum absolute atomic E-state index is 4.42. The summed E-state index contributed by atoms with van der Waals surface area (Å²) < 4.78 is 1.35. The van der Waals surface area contributed by atoms with Gasteiger partial charge in [-0.1, -0.05) is 25.3 Å². The van der Waals surface area contributed by atoms with E-state index >= 15 is 0 Å². The topological polar surface area (TPSA) is 53.6 Å². The third-order valence-corrected chi connectivity index (χ3v) is 5.79. The van der Waals surface area contributed by atoms with Gasteiger partial charge in [-0.05, 0) is 53.3 Å². The molecule has 4 nitrogen and oxygen atoms in total. The van der Waals surface area contributed by atoms with E-state index in [1.54, 1.807) is 17.7 Å². The molecule has 3 aromatic rings. The molecule has 120 valence electrons. The largest absolute Gasteiger partial charge is 0.303 e. The number of rotatable bonds is 5. The molecule has 2 heterocycles. The summed E-state index contributed by atoms with van der Waals surface area (Å²) >= 11 is 1.80. The highest BCUT2D eigenvalue weighted by Crippen LogP contribution is 2.33. The minimum atomic E-state index is 0.274. The molecule has 1 saturated carbocycles. The number of benzene rings is 1. The molecule has 1 aromatic carbocycles. The second kappa shape index (κ2) is 6.81. The first kappa shape index (κ1) is 14.8. The van der Waals surface area contributed by atoms with Crippen LogP contribution in [0.3, 0.4) is 0 Å². The number of fused-ring (bicyclic) bond motifs is 1. The number of nitrogens with one attached hydrogen (secondary N) is 2. The molecule has 5 heteroatoms. The monoisotopic (exact) mass is 326 g/mol. The molecule has 1 aliphatic rings. The lowest BCUT2D eigenvalue weighted by atomic mass is 9.83. The Morgan fingerprint density at radius 3 is 2.96 bits per heavy atom. The van der Waals surface area contributed by atoms with Crippen molar-refractivity contribution in [1.29, 1.82) is 0 Å². The second-order valence-electron chi connectivity index (χ2n) is 6.42. The van der Waals surface area contributed by atoms with Crippen molar-refractivity contribution in [2.45, 2.75) is 44.7 Å². The maximum Gasteiger partial charge on any atom is 0.141 e. The summed E-state index contributed by atoms with van der Waals surface area (Å²) in [5.74, 6) is 1.63. The lowest BCUT2D eigenvalue weighted by molar-refractivity contribution is 0.262. The van der Waals surface area contributed by atoms with Gasteiger partial charge in [-0.2, -0.15) is 5.10 Å². The Hall–Kier alpha value is -1.72. The number of thiophene rings is 1. The van der Waals surface area contributed by atoms with Gasteiger partial charge in [0.2, 0.25) is 0 Å². The summed E-state index contributed by atoms with van der Waals surface area (Å²) in [6, 6.07) is 9.21. The number of aromatic nitrogens is 3. The van der Waals surface area contributed by atoms with Gasteiger partial charge < -0.3 is 5.32 Å². The molecular formula is C18H22N4S. The molecule has 0 spiro atoms. The highest BCUT2D eigenvalue weighted by molar-refractivity contribution is 7.17. The zero-order valence-corrected chi connectivity index (χ0v) is 14.0. The number of hydrogen-bond donors (Lipinski definition) is 2. The van der Waals surface area contributed by atoms with E-state index in [4.69, 9.17) is 0 Å². The Morgan fingerprint density at radius 2 is 2.13 bits per heavy atom. The number of hydrogen-bond acceptors (Lipinski definition) is 4. The van der Waals surface area contributed by atoms with Crippen molar-refractivity contribution >= 4 is 21.4 Å². The Morgan fingerprint density at radius 1 is 1.22 bits per heavy atom. The van der Waals surface area contributed by atoms with Crippen LogP contribution in [0.25, 0.3) is 10.1 Å². The van der Waals surface area contributed by atoms with Crippen LogP contribution in [-0.4, -0.2) is 15.2 Å². The molecule has 0 bridgehead atoms. The van der Waals surface area contributed by atoms with Gasteiger partial charge in [0.1, 0.15) is 12.2 Å². The van der Waals surface area contributed by atoms with E-state index in [1.165, 1.54) is 47.8 Å². The normalized spacial score (nSPS) is 17.6. The molecule has 0 amide bonds. The average molecular weight is 326 g/mol. The van der Waals surface area contributed by atoms with Crippen molar-refractivity contribution in [3.8, 4) is 0 Å². The van der Waals surface area contributed by atoms with Crippen LogP contribution in [0.5, 0.6) is 0 Å². The minimum absolute atomic E-state index is 0.274. The fourth-order valence-electron chi connectivity index (χ4n) is 3.67. The fourth-order valence-corrected chi connectivity index (χ4v) is 4.44. The summed E-state index contributed by atoms with van der Waals surface area (Å²) in [6.45, 7) is 0.869. The van der Waals surface area contributed by atoms with Crippen molar-refractivity contribution < 1.29 is 0 Å². The van der Waals surface area contributed by atoms with E-state index in [-0.39, 0.29) is 6.04 Å². The quantitative estimate of drug-likeness (QED) is 0.729. The van der Waals surface area contributed by atoms with Crippen LogP contribution in [0.4, 0.5) is 0 Å². The summed E-state index contributed by atoms with van der Waals surface area (Å²) in [5, 5.41) is 14.4. The molecular weight excluding hydrogens is 304 g/mol. The first-order chi connectivity index (χ1) is 11.4. The van der Waals surface area contributed by atoms with Crippen molar-refractivity contribution in [3.05, 3.63) is 47.4 Å². The fraction of sp³-hybridized carbons (Fsp3) is 0.444. The number of H-pyrrole nitrogens is 1. The second-order valence-corrected chi connectivity index (χ2v) is 7.37. The van der Waals surface area contributed by atoms with Crippen LogP contribution >= 0.6 is 11.3 Å². The average Bonchev–Trinajstić information content (AvgIpc) is 3.27. The van der Waals surface area contributed by atoms with Crippen molar-refractivity contribution in [1.82, 2.24) is 20.5 Å². The van der Waals surface area contributed by atoms with Crippen molar-refractivity contribution in [2.24, 2.45) is 5.92 Å². The molecule has 4 rings (SSSR count). The van der Waals surface area contributed by atoms with Crippen LogP contribution in [0.2, 0.25) is 0 Å². The molecule has 0 saturated heterocycles. The molecule has 1 unspecified atom stereocenters. The van der Waals surface area contributed by atoms with Gasteiger partial charge >= 0.3 is 0 Å². The minimum Gasteiger partial charge on any atom is -0.303 e. The summed E-state index contributed by atoms with van der Waals surface area (Å²) in [7, 11) is 0. The Labute approximate surface area is 140 Å². The van der Waals surface area contributed by atoms with E-state index < -0.39 is 0 Å². The summed E-state index contributed by atoms with van der Waals surface area (Å²) in [4.78, 5) is 4.42. The molecule has 1 fully saturated rings. The Bertz CT molecular complexity index is 743. The standard InChI is InChI=1S/C18H22N4S/c1-2-4-14(5-3-1)17(18-20-12-21-22-18)19-11-13-6-7-16-15(10-13)8-9-23-16/h6-10,12,14,17,19H,1-5,11H2,(H,20,21,22). The van der Waals surface area contributed by atoms with Gasteiger partial charge in [0, 0.05) is 11.2 Å². The zero-order chi connectivity index (χ0) is 15.5. The van der Waals surface area contributed by atoms with Gasteiger partial charge in [-0.15, -0.1) is 11.3 Å². The third kappa shape index (κ3) is 3.31. The van der Waals surface area contributed by atoms with E-state index in [0.29, 0.717) is 5.92 Å². The first-order valence-corrected chi connectivity index (χ1v) is 9.33. The first-order valence-electron chi connectivity index (χ1n) is 8.45. The Balaban J connectivity index is 1.50. The van der Waals surface area contributed by atoms with E-state index in [9.17, 15) is 0 Å². The molecule has 2 aromatic heterocycles. The Kier molecular flexibility index (Phi) is 4.39. The van der Waals surface area contributed by atoms with Gasteiger partial charge in [0.05, 0.1) is 6.04 Å². The van der Waals surface area contributed by atoms with Crippen LogP contribution in [0, 0.1) is 5.92 Å². The third-order valence-electron chi connectivity index (χ3n) is 4.89. The van der Waals surface area contributed by atoms with Crippen LogP contribution < -0.4 is 5.32 Å². The predicted molar refractivity (Wildman–Crippen MR) is 94.4 cm³/mol. The van der Waals surface area contributed by atoms with Gasteiger partial charge in [0.15, 0.2) is 0 Å². The van der Waals surface area contributed by atoms with Gasteiger partial charge in [-0.25, -0.2) is 4.98 Å². The van der Waals surface area contributed by atoms with Crippen molar-refractivity contribution in [2.75, 3.05) is 0 Å². The lowest BCUT2D eigenvalue weighted by Gasteiger charge is -2.29. The molecule has 0 aliphatic heterocycles.